The lowest BCUT2D eigenvalue weighted by atomic mass is 10.2. The molecule has 388 valence electrons. The van der Waals surface area contributed by atoms with E-state index in [2.05, 4.69) is 61.4 Å². The van der Waals surface area contributed by atoms with Crippen LogP contribution in [0.5, 0.6) is 11.5 Å². The van der Waals surface area contributed by atoms with Crippen LogP contribution in [-0.4, -0.2) is 109 Å². The Morgan fingerprint density at radius 1 is 0.589 bits per heavy atom. The second kappa shape index (κ2) is 31.7. The zero-order valence-corrected chi connectivity index (χ0v) is 42.5. The Balaban J connectivity index is 0.000000197. The average molecular weight is 1020 g/mol. The Kier molecular flexibility index (Phi) is 24.2. The number of anilines is 3. The van der Waals surface area contributed by atoms with Crippen LogP contribution in [0.25, 0.3) is 22.5 Å². The zero-order valence-electron chi connectivity index (χ0n) is 41.8. The SMILES string of the molecule is C=CCOCc1cc(-c2ccnc(Cl)n2)co1.C=CCOCc1cc(-c2ccnc(Nc3ccc(OCCN4CCCC4)c(COCC=C)c3)n2)co1.C=CCOCc1cc(N)ccc1OCCN1CCCC1. The quantitative estimate of drug-likeness (QED) is 0.0205. The van der Waals surface area contributed by atoms with Crippen molar-refractivity contribution in [1.29, 1.82) is 0 Å². The highest BCUT2D eigenvalue weighted by molar-refractivity contribution is 6.28. The molecule has 0 atom stereocenters. The summed E-state index contributed by atoms with van der Waals surface area (Å²) in [5, 5.41) is 3.51. The summed E-state index contributed by atoms with van der Waals surface area (Å²) in [6, 6.07) is 19.0. The van der Waals surface area contributed by atoms with E-state index in [1.54, 1.807) is 55.3 Å². The number of ether oxygens (including phenoxy) is 6. The Morgan fingerprint density at radius 2 is 1.07 bits per heavy atom. The van der Waals surface area contributed by atoms with E-state index in [-0.39, 0.29) is 5.28 Å². The maximum absolute atomic E-state index is 6.12. The molecule has 17 heteroatoms. The summed E-state index contributed by atoms with van der Waals surface area (Å²) in [5.41, 5.74) is 12.5. The molecule has 0 unspecified atom stereocenters. The molecule has 0 radical (unpaired) electrons. The van der Waals surface area contributed by atoms with E-state index < -0.39 is 0 Å². The van der Waals surface area contributed by atoms with Gasteiger partial charge in [-0.2, -0.15) is 0 Å². The Morgan fingerprint density at radius 3 is 1.59 bits per heavy atom. The highest BCUT2D eigenvalue weighted by atomic mass is 35.5. The molecular weight excluding hydrogens is 948 g/mol. The second-order valence-electron chi connectivity index (χ2n) is 16.9. The first-order valence-electron chi connectivity index (χ1n) is 24.5. The van der Waals surface area contributed by atoms with Crippen molar-refractivity contribution in [2.45, 2.75) is 52.1 Å². The van der Waals surface area contributed by atoms with Gasteiger partial charge in [0.05, 0.1) is 51.0 Å². The normalized spacial score (nSPS) is 13.3. The van der Waals surface area contributed by atoms with Crippen LogP contribution < -0.4 is 20.5 Å². The highest BCUT2D eigenvalue weighted by Crippen LogP contribution is 2.28. The Hall–Kier alpha value is -6.63. The van der Waals surface area contributed by atoms with E-state index in [0.717, 1.165) is 94.2 Å². The topological polar surface area (TPSA) is 178 Å². The third-order valence-electron chi connectivity index (χ3n) is 11.3. The van der Waals surface area contributed by atoms with Crippen LogP contribution in [0.4, 0.5) is 17.3 Å². The number of hydrogen-bond acceptors (Lipinski definition) is 16. The standard InChI is InChI=1S/C28H34N4O4.C16H24N2O2.C12H11ClN2O2/c1-3-14-33-19-23-17-24(7-8-27(23)35-16-13-32-11-5-6-12-32)30-28-29-10-9-26(31-28)22-18-25(36-20-22)21-34-15-4-2;1-2-10-19-13-14-12-15(17)5-6-16(14)20-11-9-18-7-3-4-8-18;1-2-5-16-8-10-6-9(7-17-10)11-3-4-14-12(13)15-11/h3-4,7-10,17-18,20H,1-2,5-6,11-16,19,21H2,(H,29,30,31);2,5-6,12H,1,3-4,7-11,13,17H2;2-4,6-7H,1,5,8H2. The zero-order chi connectivity index (χ0) is 51.3. The van der Waals surface area contributed by atoms with Crippen molar-refractivity contribution in [3.8, 4) is 34.0 Å². The number of halogens is 1. The number of nitrogen functional groups attached to an aromatic ring is 1. The number of furan rings is 2. The molecule has 0 amide bonds. The summed E-state index contributed by atoms with van der Waals surface area (Å²) in [4.78, 5) is 21.8. The summed E-state index contributed by atoms with van der Waals surface area (Å²) in [7, 11) is 0. The van der Waals surface area contributed by atoms with Gasteiger partial charge in [-0.05, 0) is 124 Å². The molecule has 3 N–H and O–H groups in total. The van der Waals surface area contributed by atoms with Crippen molar-refractivity contribution in [3.63, 3.8) is 0 Å². The maximum atomic E-state index is 6.12. The molecule has 8 rings (SSSR count). The van der Waals surface area contributed by atoms with E-state index in [1.165, 1.54) is 38.8 Å². The predicted octanol–water partition coefficient (Wildman–Crippen LogP) is 10.9. The molecule has 0 bridgehead atoms. The summed E-state index contributed by atoms with van der Waals surface area (Å²) < 4.78 is 44.8. The minimum atomic E-state index is 0.216. The molecule has 16 nitrogen and oxygen atoms in total. The van der Waals surface area contributed by atoms with Gasteiger partial charge in [0.2, 0.25) is 11.2 Å². The van der Waals surface area contributed by atoms with Gasteiger partial charge < -0.3 is 48.3 Å². The molecule has 2 aromatic carbocycles. The van der Waals surface area contributed by atoms with Gasteiger partial charge in [0.1, 0.15) is 62.0 Å². The van der Waals surface area contributed by atoms with Crippen molar-refractivity contribution in [1.82, 2.24) is 29.7 Å². The molecular formula is C56H69ClN8O8. The molecule has 0 spiro atoms. The molecule has 2 saturated heterocycles. The lowest BCUT2D eigenvalue weighted by Gasteiger charge is -2.17. The van der Waals surface area contributed by atoms with Crippen LogP contribution in [0.3, 0.4) is 0 Å². The summed E-state index contributed by atoms with van der Waals surface area (Å²) >= 11 is 5.72. The Labute approximate surface area is 434 Å². The van der Waals surface area contributed by atoms with E-state index in [9.17, 15) is 0 Å². The fraction of sp³-hybridized carbons (Fsp3) is 0.357. The highest BCUT2D eigenvalue weighted by Gasteiger charge is 2.15. The van der Waals surface area contributed by atoms with Crippen molar-refractivity contribution in [2.24, 2.45) is 0 Å². The van der Waals surface area contributed by atoms with Gasteiger partial charge >= 0.3 is 0 Å². The third-order valence-corrected chi connectivity index (χ3v) is 11.4. The van der Waals surface area contributed by atoms with Crippen LogP contribution in [0.1, 0.15) is 48.3 Å². The number of benzene rings is 2. The number of rotatable bonds is 28. The second-order valence-corrected chi connectivity index (χ2v) is 17.2. The first kappa shape index (κ1) is 55.7. The number of nitrogens with one attached hydrogen (secondary N) is 1. The van der Waals surface area contributed by atoms with E-state index >= 15 is 0 Å². The largest absolute Gasteiger partial charge is 0.492 e. The van der Waals surface area contributed by atoms with Crippen molar-refractivity contribution >= 4 is 28.9 Å². The monoisotopic (exact) mass is 1020 g/mol. The van der Waals surface area contributed by atoms with E-state index in [4.69, 9.17) is 54.6 Å². The van der Waals surface area contributed by atoms with Crippen molar-refractivity contribution < 1.29 is 37.3 Å². The molecule has 2 fully saturated rings. The van der Waals surface area contributed by atoms with Crippen LogP contribution in [0.2, 0.25) is 5.28 Å². The van der Waals surface area contributed by atoms with Gasteiger partial charge in [0.15, 0.2) is 0 Å². The number of nitrogens with zero attached hydrogens (tertiary/aromatic N) is 6. The minimum absolute atomic E-state index is 0.216. The summed E-state index contributed by atoms with van der Waals surface area (Å²) in [6.07, 6.45) is 18.6. The van der Waals surface area contributed by atoms with Crippen molar-refractivity contribution in [2.75, 3.05) is 90.0 Å². The van der Waals surface area contributed by atoms with Crippen LogP contribution in [0, 0.1) is 0 Å². The molecule has 4 aromatic heterocycles. The molecule has 6 aromatic rings. The first-order chi connectivity index (χ1) is 35.8. The molecule has 6 heterocycles. The maximum Gasteiger partial charge on any atom is 0.227 e. The molecule has 0 saturated carbocycles. The minimum Gasteiger partial charge on any atom is -0.492 e. The van der Waals surface area contributed by atoms with Crippen molar-refractivity contribution in [3.05, 3.63) is 164 Å². The van der Waals surface area contributed by atoms with E-state index in [1.807, 2.05) is 54.6 Å². The smallest absolute Gasteiger partial charge is 0.227 e. The summed E-state index contributed by atoms with van der Waals surface area (Å²) in [5.74, 6) is 3.63. The summed E-state index contributed by atoms with van der Waals surface area (Å²) in [6.45, 7) is 26.2. The van der Waals surface area contributed by atoms with Gasteiger partial charge in [-0.15, -0.1) is 26.3 Å². The van der Waals surface area contributed by atoms with Crippen LogP contribution in [0.15, 0.2) is 145 Å². The Bertz CT molecular complexity index is 2590. The molecule has 73 heavy (non-hydrogen) atoms. The average Bonchev–Trinajstić information content (AvgIpc) is 4.27. The van der Waals surface area contributed by atoms with Crippen LogP contribution in [-0.2, 0) is 45.4 Å². The van der Waals surface area contributed by atoms with Gasteiger partial charge in [-0.25, -0.2) is 19.9 Å². The first-order valence-corrected chi connectivity index (χ1v) is 24.9. The molecule has 2 aliphatic rings. The lowest BCUT2D eigenvalue weighted by molar-refractivity contribution is 0.131. The van der Waals surface area contributed by atoms with E-state index in [0.29, 0.717) is 72.0 Å². The lowest BCUT2D eigenvalue weighted by Crippen LogP contribution is -2.25. The number of aromatic nitrogens is 4. The van der Waals surface area contributed by atoms with Gasteiger partial charge in [-0.3, -0.25) is 9.80 Å². The van der Waals surface area contributed by atoms with Gasteiger partial charge in [0, 0.05) is 59.1 Å². The molecule has 2 aliphatic heterocycles. The van der Waals surface area contributed by atoms with Crippen LogP contribution >= 0.6 is 11.6 Å². The van der Waals surface area contributed by atoms with Gasteiger partial charge in [-0.1, -0.05) is 24.3 Å². The van der Waals surface area contributed by atoms with Gasteiger partial charge in [0.25, 0.3) is 0 Å². The number of hydrogen-bond donors (Lipinski definition) is 2. The predicted molar refractivity (Wildman–Crippen MR) is 287 cm³/mol. The number of likely N-dealkylation sites (tertiary alicyclic amines) is 2. The molecule has 0 aliphatic carbocycles. The fourth-order valence-electron chi connectivity index (χ4n) is 7.72. The third kappa shape index (κ3) is 19.7. The fourth-order valence-corrected chi connectivity index (χ4v) is 7.87. The number of nitrogens with two attached hydrogens (primary N) is 1.